The Labute approximate surface area is 83.6 Å². The lowest BCUT2D eigenvalue weighted by molar-refractivity contribution is 0.192. The third-order valence-electron chi connectivity index (χ3n) is 1.84. The molecule has 0 amide bonds. The van der Waals surface area contributed by atoms with Crippen LogP contribution in [0.4, 0.5) is 0 Å². The van der Waals surface area contributed by atoms with Gasteiger partial charge in [0.15, 0.2) is 0 Å². The number of methoxy groups -OCH3 is 1. The van der Waals surface area contributed by atoms with E-state index in [0.717, 1.165) is 32.3 Å². The van der Waals surface area contributed by atoms with Crippen LogP contribution in [0.5, 0.6) is 0 Å². The number of hydrogen-bond donors (Lipinski definition) is 1. The molecule has 0 fully saturated rings. The van der Waals surface area contributed by atoms with Crippen LogP contribution in [-0.4, -0.2) is 30.5 Å². The zero-order chi connectivity index (χ0) is 10.2. The first-order valence-corrected chi connectivity index (χ1v) is 4.87. The summed E-state index contributed by atoms with van der Waals surface area (Å²) in [5.41, 5.74) is 5.38. The van der Waals surface area contributed by atoms with E-state index in [1.54, 1.807) is 7.11 Å². The highest BCUT2D eigenvalue weighted by molar-refractivity contribution is 4.82. The zero-order valence-electron chi connectivity index (χ0n) is 8.53. The Morgan fingerprint density at radius 3 is 2.43 bits per heavy atom. The highest BCUT2D eigenvalue weighted by atomic mass is 16.5. The fourth-order valence-electron chi connectivity index (χ4n) is 1.11. The van der Waals surface area contributed by atoms with Gasteiger partial charge in [0, 0.05) is 26.6 Å². The van der Waals surface area contributed by atoms with Crippen molar-refractivity contribution in [1.29, 1.82) is 0 Å². The molecule has 0 bridgehead atoms. The first kappa shape index (κ1) is 11.1. The Hall–Kier alpha value is -0.940. The number of rotatable bonds is 7. The van der Waals surface area contributed by atoms with Gasteiger partial charge in [-0.1, -0.05) is 0 Å². The number of aromatic nitrogens is 2. The molecule has 0 aliphatic carbocycles. The van der Waals surface area contributed by atoms with Crippen molar-refractivity contribution in [3.63, 3.8) is 0 Å². The second-order valence-corrected chi connectivity index (χ2v) is 3.08. The molecule has 0 atom stereocenters. The standard InChI is InChI=1S/C9H17N3O2/c1-13-7-3-5-9-12-11-8(14-9)4-2-6-10/h2-7,10H2,1H3. The minimum atomic E-state index is 0.654. The lowest BCUT2D eigenvalue weighted by Gasteiger charge is -1.94. The minimum absolute atomic E-state index is 0.654. The second kappa shape index (κ2) is 6.50. The molecular formula is C9H17N3O2. The van der Waals surface area contributed by atoms with Crippen LogP contribution in [0, 0.1) is 0 Å². The van der Waals surface area contributed by atoms with E-state index in [1.165, 1.54) is 0 Å². The molecule has 0 spiro atoms. The third-order valence-corrected chi connectivity index (χ3v) is 1.84. The Morgan fingerprint density at radius 2 is 1.86 bits per heavy atom. The van der Waals surface area contributed by atoms with Crippen molar-refractivity contribution in [3.05, 3.63) is 11.8 Å². The molecule has 0 saturated heterocycles. The van der Waals surface area contributed by atoms with Gasteiger partial charge in [-0.05, 0) is 19.4 Å². The molecule has 0 aliphatic heterocycles. The van der Waals surface area contributed by atoms with Crippen LogP contribution in [0.25, 0.3) is 0 Å². The van der Waals surface area contributed by atoms with Crippen molar-refractivity contribution >= 4 is 0 Å². The van der Waals surface area contributed by atoms with Gasteiger partial charge < -0.3 is 14.9 Å². The highest BCUT2D eigenvalue weighted by Crippen LogP contribution is 2.04. The predicted molar refractivity (Wildman–Crippen MR) is 51.9 cm³/mol. The van der Waals surface area contributed by atoms with Crippen LogP contribution in [0.15, 0.2) is 4.42 Å². The molecule has 0 aliphatic rings. The van der Waals surface area contributed by atoms with Crippen molar-refractivity contribution in [3.8, 4) is 0 Å². The van der Waals surface area contributed by atoms with Crippen LogP contribution >= 0.6 is 0 Å². The molecule has 0 saturated carbocycles. The van der Waals surface area contributed by atoms with Gasteiger partial charge in [0.1, 0.15) is 0 Å². The van der Waals surface area contributed by atoms with Gasteiger partial charge >= 0.3 is 0 Å². The quantitative estimate of drug-likeness (QED) is 0.649. The molecule has 5 nitrogen and oxygen atoms in total. The van der Waals surface area contributed by atoms with Crippen molar-refractivity contribution in [1.82, 2.24) is 10.2 Å². The summed E-state index contributed by atoms with van der Waals surface area (Å²) in [4.78, 5) is 0. The van der Waals surface area contributed by atoms with E-state index in [9.17, 15) is 0 Å². The molecule has 5 heteroatoms. The van der Waals surface area contributed by atoms with Gasteiger partial charge in [0.2, 0.25) is 11.8 Å². The molecule has 1 rings (SSSR count). The molecule has 0 aromatic carbocycles. The number of hydrogen-bond acceptors (Lipinski definition) is 5. The average molecular weight is 199 g/mol. The Morgan fingerprint density at radius 1 is 1.21 bits per heavy atom. The van der Waals surface area contributed by atoms with Crippen LogP contribution in [0.1, 0.15) is 24.6 Å². The molecule has 0 radical (unpaired) electrons. The number of ether oxygens (including phenoxy) is 1. The van der Waals surface area contributed by atoms with Gasteiger partial charge in [-0.15, -0.1) is 10.2 Å². The lowest BCUT2D eigenvalue weighted by Crippen LogP contribution is -2.00. The smallest absolute Gasteiger partial charge is 0.216 e. The average Bonchev–Trinajstić information content (AvgIpc) is 2.63. The van der Waals surface area contributed by atoms with Crippen LogP contribution in [0.3, 0.4) is 0 Å². The van der Waals surface area contributed by atoms with Crippen LogP contribution in [-0.2, 0) is 17.6 Å². The Bertz CT molecular complexity index is 250. The maximum atomic E-state index is 5.40. The summed E-state index contributed by atoms with van der Waals surface area (Å²) in [6.45, 7) is 1.38. The van der Waals surface area contributed by atoms with E-state index in [1.807, 2.05) is 0 Å². The zero-order valence-corrected chi connectivity index (χ0v) is 8.53. The molecule has 1 heterocycles. The largest absolute Gasteiger partial charge is 0.425 e. The highest BCUT2D eigenvalue weighted by Gasteiger charge is 2.04. The first-order valence-electron chi connectivity index (χ1n) is 4.87. The topological polar surface area (TPSA) is 74.2 Å². The molecule has 1 aromatic heterocycles. The maximum absolute atomic E-state index is 5.40. The monoisotopic (exact) mass is 199 g/mol. The molecule has 2 N–H and O–H groups in total. The molecule has 80 valence electrons. The van der Waals surface area contributed by atoms with E-state index in [0.29, 0.717) is 18.3 Å². The molecule has 0 unspecified atom stereocenters. The minimum Gasteiger partial charge on any atom is -0.425 e. The normalized spacial score (nSPS) is 10.7. The summed E-state index contributed by atoms with van der Waals surface area (Å²) in [7, 11) is 1.68. The molecule has 14 heavy (non-hydrogen) atoms. The fraction of sp³-hybridized carbons (Fsp3) is 0.778. The summed E-state index contributed by atoms with van der Waals surface area (Å²) in [6, 6.07) is 0. The number of nitrogens with two attached hydrogens (primary N) is 1. The van der Waals surface area contributed by atoms with E-state index in [4.69, 9.17) is 14.9 Å². The van der Waals surface area contributed by atoms with Gasteiger partial charge in [0.05, 0.1) is 0 Å². The summed E-state index contributed by atoms with van der Waals surface area (Å²) in [6.07, 6.45) is 3.35. The molecule has 1 aromatic rings. The number of nitrogens with zero attached hydrogens (tertiary/aromatic N) is 2. The summed E-state index contributed by atoms with van der Waals surface area (Å²) in [5, 5.41) is 7.85. The Kier molecular flexibility index (Phi) is 5.17. The van der Waals surface area contributed by atoms with Gasteiger partial charge in [-0.3, -0.25) is 0 Å². The second-order valence-electron chi connectivity index (χ2n) is 3.08. The lowest BCUT2D eigenvalue weighted by atomic mass is 10.3. The summed E-state index contributed by atoms with van der Waals surface area (Å²) in [5.74, 6) is 1.37. The van der Waals surface area contributed by atoms with Crippen molar-refractivity contribution < 1.29 is 9.15 Å². The third kappa shape index (κ3) is 3.85. The van der Waals surface area contributed by atoms with Gasteiger partial charge in [-0.2, -0.15) is 0 Å². The van der Waals surface area contributed by atoms with E-state index in [-0.39, 0.29) is 0 Å². The first-order chi connectivity index (χ1) is 6.86. The summed E-state index contributed by atoms with van der Waals surface area (Å²) < 4.78 is 10.3. The number of aryl methyl sites for hydroxylation is 2. The van der Waals surface area contributed by atoms with Crippen molar-refractivity contribution in [2.24, 2.45) is 5.73 Å². The van der Waals surface area contributed by atoms with E-state index < -0.39 is 0 Å². The van der Waals surface area contributed by atoms with Crippen LogP contribution in [0.2, 0.25) is 0 Å². The summed E-state index contributed by atoms with van der Waals surface area (Å²) >= 11 is 0. The van der Waals surface area contributed by atoms with Gasteiger partial charge in [-0.25, -0.2) is 0 Å². The van der Waals surface area contributed by atoms with Crippen molar-refractivity contribution in [2.45, 2.75) is 25.7 Å². The Balaban J connectivity index is 2.27. The predicted octanol–water partition coefficient (Wildman–Crippen LogP) is 0.540. The van der Waals surface area contributed by atoms with Crippen LogP contribution < -0.4 is 5.73 Å². The van der Waals surface area contributed by atoms with E-state index >= 15 is 0 Å². The molecular weight excluding hydrogens is 182 g/mol. The SMILES string of the molecule is COCCCc1nnc(CCCN)o1. The van der Waals surface area contributed by atoms with Gasteiger partial charge in [0.25, 0.3) is 0 Å². The fourth-order valence-corrected chi connectivity index (χ4v) is 1.11. The van der Waals surface area contributed by atoms with Crippen molar-refractivity contribution in [2.75, 3.05) is 20.3 Å². The van der Waals surface area contributed by atoms with E-state index in [2.05, 4.69) is 10.2 Å². The maximum Gasteiger partial charge on any atom is 0.216 e.